The van der Waals surface area contributed by atoms with E-state index in [0.29, 0.717) is 11.5 Å². The van der Waals surface area contributed by atoms with Crippen LogP contribution in [0.2, 0.25) is 0 Å². The average Bonchev–Trinajstić information content (AvgIpc) is 2.17. The fourth-order valence-corrected chi connectivity index (χ4v) is 2.24. The van der Waals surface area contributed by atoms with E-state index in [1.165, 1.54) is 32.1 Å². The fraction of sp³-hybridized carbons (Fsp3) is 0.769. The molecule has 1 heteroatoms. The zero-order valence-corrected chi connectivity index (χ0v) is 9.63. The van der Waals surface area contributed by atoms with Crippen molar-refractivity contribution in [3.05, 3.63) is 12.7 Å². The van der Waals surface area contributed by atoms with Crippen LogP contribution in [0, 0.1) is 5.41 Å². The van der Waals surface area contributed by atoms with Crippen molar-refractivity contribution in [2.75, 3.05) is 0 Å². The van der Waals surface area contributed by atoms with Crippen LogP contribution in [-0.4, -0.2) is 12.3 Å². The van der Waals surface area contributed by atoms with Gasteiger partial charge in [-0.05, 0) is 33.1 Å². The number of rotatable bonds is 4. The van der Waals surface area contributed by atoms with Crippen LogP contribution in [0.25, 0.3) is 0 Å². The van der Waals surface area contributed by atoms with E-state index in [1.807, 2.05) is 0 Å². The average molecular weight is 193 g/mol. The second-order valence-corrected chi connectivity index (χ2v) is 4.79. The van der Waals surface area contributed by atoms with Crippen LogP contribution in [0.4, 0.5) is 0 Å². The summed E-state index contributed by atoms with van der Waals surface area (Å²) in [4.78, 5) is 4.57. The molecule has 0 spiro atoms. The van der Waals surface area contributed by atoms with Gasteiger partial charge in [-0.1, -0.05) is 25.3 Å². The molecule has 80 valence electrons. The molecule has 1 nitrogen and oxygen atoms in total. The van der Waals surface area contributed by atoms with Gasteiger partial charge in [0, 0.05) is 17.7 Å². The van der Waals surface area contributed by atoms with Crippen molar-refractivity contribution in [2.24, 2.45) is 10.4 Å². The van der Waals surface area contributed by atoms with Crippen LogP contribution >= 0.6 is 0 Å². The molecule has 1 fully saturated rings. The molecule has 0 saturated heterocycles. The topological polar surface area (TPSA) is 12.4 Å². The predicted octanol–water partition coefficient (Wildman–Crippen LogP) is 3.99. The first-order chi connectivity index (χ1) is 6.68. The van der Waals surface area contributed by atoms with E-state index in [-0.39, 0.29) is 0 Å². The monoisotopic (exact) mass is 193 g/mol. The molecule has 0 heterocycles. The zero-order chi connectivity index (χ0) is 10.4. The van der Waals surface area contributed by atoms with Gasteiger partial charge in [0.1, 0.15) is 0 Å². The third kappa shape index (κ3) is 3.28. The molecule has 1 aliphatic rings. The molecule has 1 aliphatic carbocycles. The number of allylic oxidation sites excluding steroid dienone is 1. The van der Waals surface area contributed by atoms with E-state index in [0.717, 1.165) is 6.42 Å². The summed E-state index contributed by atoms with van der Waals surface area (Å²) >= 11 is 0. The molecule has 0 N–H and O–H groups in total. The third-order valence-corrected chi connectivity index (χ3v) is 3.05. The molecule has 0 amide bonds. The summed E-state index contributed by atoms with van der Waals surface area (Å²) in [6, 6.07) is 0.429. The maximum Gasteiger partial charge on any atom is 0.0439 e. The molecule has 0 aliphatic heterocycles. The van der Waals surface area contributed by atoms with E-state index in [9.17, 15) is 0 Å². The van der Waals surface area contributed by atoms with E-state index < -0.39 is 0 Å². The van der Waals surface area contributed by atoms with Gasteiger partial charge in [-0.25, -0.2) is 0 Å². The summed E-state index contributed by atoms with van der Waals surface area (Å²) < 4.78 is 0. The van der Waals surface area contributed by atoms with Gasteiger partial charge in [-0.15, -0.1) is 6.58 Å². The second kappa shape index (κ2) is 5.33. The second-order valence-electron chi connectivity index (χ2n) is 4.79. The maximum atomic E-state index is 4.57. The molecule has 14 heavy (non-hydrogen) atoms. The molecule has 0 unspecified atom stereocenters. The van der Waals surface area contributed by atoms with Crippen molar-refractivity contribution in [3.8, 4) is 0 Å². The molecule has 0 atom stereocenters. The molecular weight excluding hydrogens is 170 g/mol. The largest absolute Gasteiger partial charge is 0.294 e. The Morgan fingerprint density at radius 1 is 1.29 bits per heavy atom. The standard InChI is InChI=1S/C13H23N/c1-4-8-13(11-14-12(2)3)9-6-5-7-10-13/h4,11-12H,1,5-10H2,2-3H3. The quantitative estimate of drug-likeness (QED) is 0.473. The summed E-state index contributed by atoms with van der Waals surface area (Å²) in [5.74, 6) is 0. The Kier molecular flexibility index (Phi) is 4.37. The van der Waals surface area contributed by atoms with Crippen molar-refractivity contribution in [3.63, 3.8) is 0 Å². The highest BCUT2D eigenvalue weighted by Crippen LogP contribution is 2.38. The molecule has 0 radical (unpaired) electrons. The Hall–Kier alpha value is -0.590. The number of aliphatic imine (C=N–C) groups is 1. The Morgan fingerprint density at radius 3 is 2.43 bits per heavy atom. The minimum Gasteiger partial charge on any atom is -0.294 e. The first kappa shape index (κ1) is 11.5. The van der Waals surface area contributed by atoms with E-state index in [1.54, 1.807) is 0 Å². The lowest BCUT2D eigenvalue weighted by Crippen LogP contribution is -2.25. The van der Waals surface area contributed by atoms with Gasteiger partial charge >= 0.3 is 0 Å². The van der Waals surface area contributed by atoms with Gasteiger partial charge in [-0.2, -0.15) is 0 Å². The SMILES string of the molecule is C=CCC1(C=NC(C)C)CCCCC1. The first-order valence-corrected chi connectivity index (χ1v) is 5.84. The molecule has 0 aromatic carbocycles. The van der Waals surface area contributed by atoms with Gasteiger partial charge in [0.15, 0.2) is 0 Å². The molecule has 0 aromatic rings. The highest BCUT2D eigenvalue weighted by Gasteiger charge is 2.28. The minimum atomic E-state index is 0.351. The van der Waals surface area contributed by atoms with Gasteiger partial charge < -0.3 is 0 Å². The van der Waals surface area contributed by atoms with Gasteiger partial charge in [0.25, 0.3) is 0 Å². The Balaban J connectivity index is 2.64. The van der Waals surface area contributed by atoms with E-state index >= 15 is 0 Å². The smallest absolute Gasteiger partial charge is 0.0439 e. The highest BCUT2D eigenvalue weighted by atomic mass is 14.8. The Bertz CT molecular complexity index is 197. The van der Waals surface area contributed by atoms with Crippen LogP contribution in [0.5, 0.6) is 0 Å². The lowest BCUT2D eigenvalue weighted by molar-refractivity contribution is 0.293. The number of hydrogen-bond donors (Lipinski definition) is 0. The van der Waals surface area contributed by atoms with Crippen molar-refractivity contribution in [1.29, 1.82) is 0 Å². The molecular formula is C13H23N. The summed E-state index contributed by atoms with van der Waals surface area (Å²) in [5.41, 5.74) is 0.351. The highest BCUT2D eigenvalue weighted by molar-refractivity contribution is 5.66. The van der Waals surface area contributed by atoms with Gasteiger partial charge in [0.2, 0.25) is 0 Å². The Labute approximate surface area is 88.3 Å². The summed E-state index contributed by atoms with van der Waals surface area (Å²) in [6.07, 6.45) is 12.1. The normalized spacial score (nSPS) is 21.6. The van der Waals surface area contributed by atoms with E-state index in [4.69, 9.17) is 0 Å². The first-order valence-electron chi connectivity index (χ1n) is 5.84. The molecule has 0 bridgehead atoms. The lowest BCUT2D eigenvalue weighted by atomic mass is 9.73. The van der Waals surface area contributed by atoms with Crippen molar-refractivity contribution in [2.45, 2.75) is 58.4 Å². The fourth-order valence-electron chi connectivity index (χ4n) is 2.24. The Morgan fingerprint density at radius 2 is 1.93 bits per heavy atom. The lowest BCUT2D eigenvalue weighted by Gasteiger charge is -2.33. The predicted molar refractivity (Wildman–Crippen MR) is 64.0 cm³/mol. The minimum absolute atomic E-state index is 0.351. The summed E-state index contributed by atoms with van der Waals surface area (Å²) in [5, 5.41) is 0. The molecule has 0 aromatic heterocycles. The maximum absolute atomic E-state index is 4.57. The number of hydrogen-bond acceptors (Lipinski definition) is 1. The van der Waals surface area contributed by atoms with Crippen molar-refractivity contribution in [1.82, 2.24) is 0 Å². The van der Waals surface area contributed by atoms with Crippen LogP contribution in [-0.2, 0) is 0 Å². The molecule has 1 saturated carbocycles. The van der Waals surface area contributed by atoms with E-state index in [2.05, 4.69) is 37.7 Å². The van der Waals surface area contributed by atoms with Crippen LogP contribution in [0.1, 0.15) is 52.4 Å². The van der Waals surface area contributed by atoms with Gasteiger partial charge in [0.05, 0.1) is 0 Å². The van der Waals surface area contributed by atoms with Crippen LogP contribution in [0.3, 0.4) is 0 Å². The zero-order valence-electron chi connectivity index (χ0n) is 9.63. The molecule has 1 rings (SSSR count). The summed E-state index contributed by atoms with van der Waals surface area (Å²) in [7, 11) is 0. The number of nitrogens with zero attached hydrogens (tertiary/aromatic N) is 1. The van der Waals surface area contributed by atoms with Crippen LogP contribution < -0.4 is 0 Å². The summed E-state index contributed by atoms with van der Waals surface area (Å²) in [6.45, 7) is 8.14. The van der Waals surface area contributed by atoms with Crippen molar-refractivity contribution >= 4 is 6.21 Å². The third-order valence-electron chi connectivity index (χ3n) is 3.05. The van der Waals surface area contributed by atoms with Gasteiger partial charge in [-0.3, -0.25) is 4.99 Å². The van der Waals surface area contributed by atoms with Crippen LogP contribution in [0.15, 0.2) is 17.6 Å². The van der Waals surface area contributed by atoms with Crippen molar-refractivity contribution < 1.29 is 0 Å².